The first kappa shape index (κ1) is 43.3. The van der Waals surface area contributed by atoms with Crippen LogP contribution in [0.25, 0.3) is 0 Å². The van der Waals surface area contributed by atoms with Gasteiger partial charge in [0, 0.05) is 82.1 Å². The minimum Gasteiger partial charge on any atom is -0.478 e. The fourth-order valence-electron chi connectivity index (χ4n) is 10.4. The van der Waals surface area contributed by atoms with Crippen molar-refractivity contribution < 1.29 is 24.3 Å². The van der Waals surface area contributed by atoms with Crippen LogP contribution in [-0.2, 0) is 22.4 Å². The number of para-hydroxylation sites is 2. The number of benzene rings is 4. The molecule has 2 unspecified atom stereocenters. The molecule has 5 fully saturated rings. The third kappa shape index (κ3) is 10.3. The molecular formula is C52H63N5O5. The van der Waals surface area contributed by atoms with E-state index >= 15 is 0 Å². The van der Waals surface area contributed by atoms with Crippen molar-refractivity contribution in [2.24, 2.45) is 0 Å². The van der Waals surface area contributed by atoms with E-state index in [9.17, 15) is 24.3 Å². The maximum Gasteiger partial charge on any atom is 0.335 e. The van der Waals surface area contributed by atoms with Gasteiger partial charge in [0.05, 0.1) is 5.56 Å². The largest absolute Gasteiger partial charge is 0.478 e. The van der Waals surface area contributed by atoms with E-state index in [1.807, 2.05) is 57.2 Å². The first-order valence-electron chi connectivity index (χ1n) is 23.3. The number of likely N-dealkylation sites (tertiary alicyclic amines) is 3. The van der Waals surface area contributed by atoms with Crippen LogP contribution in [0.3, 0.4) is 0 Å². The predicted octanol–water partition coefficient (Wildman–Crippen LogP) is 8.41. The zero-order valence-electron chi connectivity index (χ0n) is 36.3. The molecule has 4 aromatic carbocycles. The highest BCUT2D eigenvalue weighted by molar-refractivity contribution is 5.97. The number of carboxylic acid groups (broad SMARTS) is 1. The van der Waals surface area contributed by atoms with Crippen LogP contribution in [-0.4, -0.2) is 109 Å². The zero-order valence-corrected chi connectivity index (χ0v) is 36.3. The van der Waals surface area contributed by atoms with Crippen molar-refractivity contribution in [2.75, 3.05) is 75.2 Å². The highest BCUT2D eigenvalue weighted by Crippen LogP contribution is 2.33. The summed E-state index contributed by atoms with van der Waals surface area (Å²) in [6, 6.07) is 32.3. The molecule has 0 bridgehead atoms. The van der Waals surface area contributed by atoms with Crippen LogP contribution < -0.4 is 9.80 Å². The molecule has 5 heterocycles. The van der Waals surface area contributed by atoms with Crippen molar-refractivity contribution >= 4 is 35.1 Å². The Morgan fingerprint density at radius 3 is 1.45 bits per heavy atom. The summed E-state index contributed by atoms with van der Waals surface area (Å²) in [4.78, 5) is 60.4. The summed E-state index contributed by atoms with van der Waals surface area (Å²) >= 11 is 0. The summed E-state index contributed by atoms with van der Waals surface area (Å²) in [5.41, 5.74) is 8.13. The maximum absolute atomic E-state index is 13.1. The second-order valence-electron chi connectivity index (χ2n) is 17.8. The molecule has 5 aliphatic heterocycles. The average Bonchev–Trinajstić information content (AvgIpc) is 4.12. The molecule has 0 spiro atoms. The Balaban J connectivity index is 0.000000172. The van der Waals surface area contributed by atoms with Crippen molar-refractivity contribution in [1.82, 2.24) is 14.7 Å². The number of anilines is 2. The summed E-state index contributed by atoms with van der Waals surface area (Å²) in [5.74, 6) is 0.526. The standard InChI is InChI=1S/C28H35N3O2.C24H28N2O3/c32-27-13-5-6-18-31(27)26-12-4-1-9-22(26)14-19-29-20-15-23(21-29)24-10-2-3-11-25(24)28(33)30-16-7-8-17-30;27-23-11-5-6-14-26(23)22-10-4-1-7-18(22)12-15-25-16-13-19(17-25)20-8-2-3-9-21(20)24(28)29/h1-4,9-12,23H,5-8,13-21H2;1-4,7-10,19H,5-6,11-17H2,(H,28,29). The maximum atomic E-state index is 13.1. The fourth-order valence-corrected chi connectivity index (χ4v) is 10.4. The second-order valence-corrected chi connectivity index (χ2v) is 17.8. The third-order valence-electron chi connectivity index (χ3n) is 13.8. The molecule has 1 N–H and O–H groups in total. The summed E-state index contributed by atoms with van der Waals surface area (Å²) in [5, 5.41) is 9.47. The average molecular weight is 838 g/mol. The second kappa shape index (κ2) is 20.7. The highest BCUT2D eigenvalue weighted by Gasteiger charge is 2.31. The third-order valence-corrected chi connectivity index (χ3v) is 13.8. The van der Waals surface area contributed by atoms with Crippen molar-refractivity contribution in [3.05, 3.63) is 130 Å². The van der Waals surface area contributed by atoms with Gasteiger partial charge in [0.15, 0.2) is 0 Å². The number of carbonyl (C=O) groups is 4. The van der Waals surface area contributed by atoms with Gasteiger partial charge in [-0.3, -0.25) is 14.4 Å². The Hall–Kier alpha value is -5.32. The van der Waals surface area contributed by atoms with E-state index in [4.69, 9.17) is 0 Å². The molecule has 4 aromatic rings. The number of amides is 3. The number of carboxylic acids is 1. The topological polar surface area (TPSA) is 105 Å². The van der Waals surface area contributed by atoms with Gasteiger partial charge < -0.3 is 29.6 Å². The van der Waals surface area contributed by atoms with Crippen molar-refractivity contribution in [1.29, 1.82) is 0 Å². The van der Waals surface area contributed by atoms with Gasteiger partial charge in [-0.05, 0) is 136 Å². The van der Waals surface area contributed by atoms with Gasteiger partial charge in [0.2, 0.25) is 11.8 Å². The minimum absolute atomic E-state index is 0.210. The van der Waals surface area contributed by atoms with Gasteiger partial charge in [0.25, 0.3) is 5.91 Å². The number of aromatic carboxylic acids is 1. The van der Waals surface area contributed by atoms with Crippen molar-refractivity contribution in [3.8, 4) is 0 Å². The molecule has 5 aliphatic rings. The predicted molar refractivity (Wildman–Crippen MR) is 245 cm³/mol. The number of hydrogen-bond acceptors (Lipinski definition) is 6. The van der Waals surface area contributed by atoms with E-state index < -0.39 is 5.97 Å². The van der Waals surface area contributed by atoms with Crippen LogP contribution in [0, 0.1) is 0 Å². The quantitative estimate of drug-likeness (QED) is 0.153. The molecular weight excluding hydrogens is 775 g/mol. The van der Waals surface area contributed by atoms with Gasteiger partial charge >= 0.3 is 5.97 Å². The van der Waals surface area contributed by atoms with Gasteiger partial charge in [-0.2, -0.15) is 0 Å². The van der Waals surface area contributed by atoms with E-state index in [0.29, 0.717) is 24.3 Å². The van der Waals surface area contributed by atoms with E-state index in [2.05, 4.69) is 52.3 Å². The van der Waals surface area contributed by atoms with Crippen LogP contribution >= 0.6 is 0 Å². The van der Waals surface area contributed by atoms with Crippen LogP contribution in [0.5, 0.6) is 0 Å². The Kier molecular flexibility index (Phi) is 14.5. The molecule has 10 heteroatoms. The molecule has 5 saturated heterocycles. The summed E-state index contributed by atoms with van der Waals surface area (Å²) in [7, 11) is 0. The summed E-state index contributed by atoms with van der Waals surface area (Å²) in [6.45, 7) is 9.25. The van der Waals surface area contributed by atoms with Crippen LogP contribution in [0.1, 0.15) is 119 Å². The lowest BCUT2D eigenvalue weighted by molar-refractivity contribution is -0.120. The molecule has 0 aromatic heterocycles. The molecule has 2 atom stereocenters. The number of carbonyl (C=O) groups excluding carboxylic acids is 3. The smallest absolute Gasteiger partial charge is 0.335 e. The zero-order chi connectivity index (χ0) is 42.8. The summed E-state index contributed by atoms with van der Waals surface area (Å²) < 4.78 is 0. The van der Waals surface area contributed by atoms with Gasteiger partial charge in [-0.1, -0.05) is 72.8 Å². The van der Waals surface area contributed by atoms with E-state index in [1.54, 1.807) is 12.1 Å². The first-order chi connectivity index (χ1) is 30.3. The van der Waals surface area contributed by atoms with Gasteiger partial charge in [-0.15, -0.1) is 0 Å². The Morgan fingerprint density at radius 1 is 0.516 bits per heavy atom. The lowest BCUT2D eigenvalue weighted by atomic mass is 9.93. The van der Waals surface area contributed by atoms with Crippen molar-refractivity contribution in [2.45, 2.75) is 88.9 Å². The highest BCUT2D eigenvalue weighted by atomic mass is 16.4. The number of piperidine rings is 2. The number of nitrogens with zero attached hydrogens (tertiary/aromatic N) is 5. The molecule has 10 nitrogen and oxygen atoms in total. The van der Waals surface area contributed by atoms with Crippen molar-refractivity contribution in [3.63, 3.8) is 0 Å². The van der Waals surface area contributed by atoms with Gasteiger partial charge in [0.1, 0.15) is 0 Å². The van der Waals surface area contributed by atoms with Gasteiger partial charge in [-0.25, -0.2) is 4.79 Å². The molecule has 326 valence electrons. The fraction of sp³-hybridized carbons (Fsp3) is 0.462. The first-order valence-corrected chi connectivity index (χ1v) is 23.3. The normalized spacial score (nSPS) is 21.0. The molecule has 62 heavy (non-hydrogen) atoms. The van der Waals surface area contributed by atoms with E-state index in [1.165, 1.54) is 16.7 Å². The van der Waals surface area contributed by atoms with E-state index in [0.717, 1.165) is 152 Å². The summed E-state index contributed by atoms with van der Waals surface area (Å²) in [6.07, 6.45) is 11.6. The van der Waals surface area contributed by atoms with Crippen LogP contribution in [0.4, 0.5) is 11.4 Å². The van der Waals surface area contributed by atoms with Crippen LogP contribution in [0.2, 0.25) is 0 Å². The Labute approximate surface area is 367 Å². The molecule has 9 rings (SSSR count). The minimum atomic E-state index is -0.848. The number of rotatable bonds is 12. The lowest BCUT2D eigenvalue weighted by Crippen LogP contribution is -2.36. The SMILES string of the molecule is O=C(O)c1ccccc1C1CCN(CCc2ccccc2N2CCCCC2=O)C1.O=C(c1ccccc1C1CCN(CCc2ccccc2N2CCCCC2=O)C1)N1CCCC1. The molecule has 0 aliphatic carbocycles. The molecule has 3 amide bonds. The number of hydrogen-bond donors (Lipinski definition) is 1. The Bertz CT molecular complexity index is 2200. The Morgan fingerprint density at radius 2 is 0.952 bits per heavy atom. The monoisotopic (exact) mass is 837 g/mol. The molecule has 0 radical (unpaired) electrons. The van der Waals surface area contributed by atoms with E-state index in [-0.39, 0.29) is 23.6 Å². The lowest BCUT2D eigenvalue weighted by Gasteiger charge is -2.29. The molecule has 0 saturated carbocycles. The van der Waals surface area contributed by atoms with Crippen LogP contribution in [0.15, 0.2) is 97.1 Å².